The number of rotatable bonds is 6. The van der Waals surface area contributed by atoms with Crippen LogP contribution in [0.3, 0.4) is 0 Å². The molecule has 0 aromatic heterocycles. The molecule has 0 unspecified atom stereocenters. The largest absolute Gasteiger partial charge is 0.481 e. The molecule has 1 aliphatic heterocycles. The van der Waals surface area contributed by atoms with Gasteiger partial charge in [0.05, 0.1) is 0 Å². The van der Waals surface area contributed by atoms with E-state index < -0.39 is 5.97 Å². The summed E-state index contributed by atoms with van der Waals surface area (Å²) in [6, 6.07) is 11.1. The Hall–Kier alpha value is -2.56. The molecule has 0 spiro atoms. The van der Waals surface area contributed by atoms with Gasteiger partial charge in [0.2, 0.25) is 0 Å². The first kappa shape index (κ1) is 16.3. The molecule has 3 N–H and O–H groups in total. The molecule has 126 valence electrons. The zero-order valence-corrected chi connectivity index (χ0v) is 13.4. The van der Waals surface area contributed by atoms with Crippen LogP contribution in [-0.4, -0.2) is 17.6 Å². The summed E-state index contributed by atoms with van der Waals surface area (Å²) in [5.41, 5.74) is 4.87. The van der Waals surface area contributed by atoms with Crippen LogP contribution in [0.4, 0.5) is 15.8 Å². The van der Waals surface area contributed by atoms with Gasteiger partial charge >= 0.3 is 5.97 Å². The van der Waals surface area contributed by atoms with Crippen molar-refractivity contribution in [3.05, 3.63) is 58.9 Å². The highest BCUT2D eigenvalue weighted by atomic mass is 19.1. The third-order valence-corrected chi connectivity index (χ3v) is 4.34. The Morgan fingerprint density at radius 2 is 2.12 bits per heavy atom. The smallest absolute Gasteiger partial charge is 0.303 e. The van der Waals surface area contributed by atoms with E-state index in [-0.39, 0.29) is 18.7 Å². The van der Waals surface area contributed by atoms with Crippen molar-refractivity contribution in [2.75, 3.05) is 17.2 Å². The fourth-order valence-electron chi connectivity index (χ4n) is 3.05. The lowest BCUT2D eigenvalue weighted by Crippen LogP contribution is -2.14. The molecule has 5 heteroatoms. The Bertz CT molecular complexity index is 746. The minimum atomic E-state index is -0.918. The van der Waals surface area contributed by atoms with Gasteiger partial charge in [-0.3, -0.25) is 4.79 Å². The number of carboxylic acid groups (broad SMARTS) is 1. The van der Waals surface area contributed by atoms with E-state index in [1.807, 2.05) is 6.07 Å². The second kappa shape index (κ2) is 7.34. The fourth-order valence-corrected chi connectivity index (χ4v) is 3.05. The summed E-state index contributed by atoms with van der Waals surface area (Å²) >= 11 is 0. The van der Waals surface area contributed by atoms with Crippen LogP contribution in [0.1, 0.15) is 29.5 Å². The molecule has 2 aromatic rings. The summed E-state index contributed by atoms with van der Waals surface area (Å²) in [5.74, 6) is -1.28. The van der Waals surface area contributed by atoms with Gasteiger partial charge in [0, 0.05) is 30.9 Å². The number of fused-ring (bicyclic) bond motifs is 1. The first-order valence-electron chi connectivity index (χ1n) is 8.22. The molecular formula is C19H21FN2O2. The first-order valence-corrected chi connectivity index (χ1v) is 8.22. The molecule has 0 bridgehead atoms. The van der Waals surface area contributed by atoms with Crippen LogP contribution in [0.2, 0.25) is 0 Å². The van der Waals surface area contributed by atoms with Crippen molar-refractivity contribution in [3.63, 3.8) is 0 Å². The average molecular weight is 328 g/mol. The molecule has 0 saturated heterocycles. The minimum absolute atomic E-state index is 0.0627. The zero-order chi connectivity index (χ0) is 16.9. The van der Waals surface area contributed by atoms with E-state index in [0.717, 1.165) is 19.4 Å². The van der Waals surface area contributed by atoms with Gasteiger partial charge in [0.1, 0.15) is 5.82 Å². The summed E-state index contributed by atoms with van der Waals surface area (Å²) in [5, 5.41) is 15.4. The van der Waals surface area contributed by atoms with Gasteiger partial charge in [-0.15, -0.1) is 0 Å². The SMILES string of the molecule is O=C(O)CCc1ccc(NCc2cccc3c2CCCN3)cc1F. The van der Waals surface area contributed by atoms with Crippen molar-refractivity contribution in [1.82, 2.24) is 0 Å². The van der Waals surface area contributed by atoms with E-state index >= 15 is 0 Å². The summed E-state index contributed by atoms with van der Waals surface area (Å²) in [7, 11) is 0. The molecule has 1 heterocycles. The first-order chi connectivity index (χ1) is 11.6. The Balaban J connectivity index is 1.67. The molecular weight excluding hydrogens is 307 g/mol. The lowest BCUT2D eigenvalue weighted by atomic mass is 9.97. The molecule has 4 nitrogen and oxygen atoms in total. The second-order valence-electron chi connectivity index (χ2n) is 6.03. The van der Waals surface area contributed by atoms with E-state index in [1.165, 1.54) is 22.9 Å². The molecule has 0 atom stereocenters. The van der Waals surface area contributed by atoms with Gasteiger partial charge in [0.15, 0.2) is 0 Å². The van der Waals surface area contributed by atoms with E-state index in [4.69, 9.17) is 5.11 Å². The number of hydrogen-bond donors (Lipinski definition) is 3. The van der Waals surface area contributed by atoms with Crippen molar-refractivity contribution in [1.29, 1.82) is 0 Å². The quantitative estimate of drug-likeness (QED) is 0.754. The second-order valence-corrected chi connectivity index (χ2v) is 6.03. The molecule has 0 radical (unpaired) electrons. The summed E-state index contributed by atoms with van der Waals surface area (Å²) in [4.78, 5) is 10.6. The minimum Gasteiger partial charge on any atom is -0.481 e. The number of aryl methyl sites for hydroxylation is 1. The summed E-state index contributed by atoms with van der Waals surface area (Å²) in [6.07, 6.45) is 2.33. The zero-order valence-electron chi connectivity index (χ0n) is 13.4. The summed E-state index contributed by atoms with van der Waals surface area (Å²) in [6.45, 7) is 1.64. The lowest BCUT2D eigenvalue weighted by Gasteiger charge is -2.21. The van der Waals surface area contributed by atoms with E-state index in [1.54, 1.807) is 12.1 Å². The maximum absolute atomic E-state index is 14.1. The molecule has 0 aliphatic carbocycles. The Kier molecular flexibility index (Phi) is 4.99. The predicted molar refractivity (Wildman–Crippen MR) is 92.9 cm³/mol. The van der Waals surface area contributed by atoms with Gasteiger partial charge in [-0.25, -0.2) is 4.39 Å². The van der Waals surface area contributed by atoms with E-state index in [0.29, 0.717) is 17.8 Å². The number of carbonyl (C=O) groups is 1. The van der Waals surface area contributed by atoms with Crippen molar-refractivity contribution < 1.29 is 14.3 Å². The molecule has 1 aliphatic rings. The molecule has 0 saturated carbocycles. The van der Waals surface area contributed by atoms with Crippen molar-refractivity contribution >= 4 is 17.3 Å². The third-order valence-electron chi connectivity index (χ3n) is 4.34. The maximum Gasteiger partial charge on any atom is 0.303 e. The van der Waals surface area contributed by atoms with Crippen molar-refractivity contribution in [3.8, 4) is 0 Å². The van der Waals surface area contributed by atoms with Gasteiger partial charge < -0.3 is 15.7 Å². The van der Waals surface area contributed by atoms with Crippen molar-refractivity contribution in [2.45, 2.75) is 32.2 Å². The fraction of sp³-hybridized carbons (Fsp3) is 0.316. The van der Waals surface area contributed by atoms with E-state index in [2.05, 4.69) is 22.8 Å². The average Bonchev–Trinajstić information content (AvgIpc) is 2.59. The normalized spacial score (nSPS) is 13.0. The highest BCUT2D eigenvalue weighted by molar-refractivity contribution is 5.67. The van der Waals surface area contributed by atoms with Crippen LogP contribution < -0.4 is 10.6 Å². The maximum atomic E-state index is 14.1. The van der Waals surface area contributed by atoms with E-state index in [9.17, 15) is 9.18 Å². The van der Waals surface area contributed by atoms with Crippen LogP contribution in [0.15, 0.2) is 36.4 Å². The van der Waals surface area contributed by atoms with Crippen LogP contribution in [0.25, 0.3) is 0 Å². The topological polar surface area (TPSA) is 61.4 Å². The number of aliphatic carboxylic acids is 1. The Morgan fingerprint density at radius 3 is 2.92 bits per heavy atom. The highest BCUT2D eigenvalue weighted by Crippen LogP contribution is 2.26. The number of halogens is 1. The third kappa shape index (κ3) is 3.85. The van der Waals surface area contributed by atoms with Gasteiger partial charge in [0.25, 0.3) is 0 Å². The number of hydrogen-bond acceptors (Lipinski definition) is 3. The molecule has 2 aromatic carbocycles. The molecule has 24 heavy (non-hydrogen) atoms. The number of anilines is 2. The van der Waals surface area contributed by atoms with Crippen molar-refractivity contribution in [2.24, 2.45) is 0 Å². The van der Waals surface area contributed by atoms with Crippen LogP contribution >= 0.6 is 0 Å². The number of nitrogens with one attached hydrogen (secondary N) is 2. The molecule has 0 fully saturated rings. The van der Waals surface area contributed by atoms with Gasteiger partial charge in [-0.1, -0.05) is 18.2 Å². The highest BCUT2D eigenvalue weighted by Gasteiger charge is 2.12. The monoisotopic (exact) mass is 328 g/mol. The standard InChI is InChI=1S/C19H21FN2O2/c20-17-11-15(8-6-13(17)7-9-19(23)24)22-12-14-3-1-5-18-16(14)4-2-10-21-18/h1,3,5-6,8,11,21-22H,2,4,7,9-10,12H2,(H,23,24). The van der Waals surface area contributed by atoms with Crippen LogP contribution in [0.5, 0.6) is 0 Å². The Labute approximate surface area is 140 Å². The summed E-state index contributed by atoms with van der Waals surface area (Å²) < 4.78 is 14.1. The van der Waals surface area contributed by atoms with Crippen LogP contribution in [0, 0.1) is 5.82 Å². The number of carboxylic acids is 1. The van der Waals surface area contributed by atoms with Gasteiger partial charge in [-0.2, -0.15) is 0 Å². The van der Waals surface area contributed by atoms with Gasteiger partial charge in [-0.05, 0) is 54.2 Å². The predicted octanol–water partition coefficient (Wildman–Crippen LogP) is 3.81. The molecule has 0 amide bonds. The van der Waals surface area contributed by atoms with Crippen LogP contribution in [-0.2, 0) is 24.2 Å². The lowest BCUT2D eigenvalue weighted by molar-refractivity contribution is -0.136. The molecule has 3 rings (SSSR count). The number of benzene rings is 2. The Morgan fingerprint density at radius 1 is 1.25 bits per heavy atom.